The van der Waals surface area contributed by atoms with Crippen LogP contribution in [0.1, 0.15) is 16.7 Å². The highest BCUT2D eigenvalue weighted by atomic mass is 14.3. The largest absolute Gasteiger partial charge is 0.0622 e. The van der Waals surface area contributed by atoms with Gasteiger partial charge in [-0.2, -0.15) is 0 Å². The van der Waals surface area contributed by atoms with Crippen LogP contribution in [0.2, 0.25) is 0 Å². The van der Waals surface area contributed by atoms with Crippen molar-refractivity contribution >= 4 is 21.5 Å². The van der Waals surface area contributed by atoms with Crippen molar-refractivity contribution in [2.45, 2.75) is 13.3 Å². The second kappa shape index (κ2) is 10.3. The van der Waals surface area contributed by atoms with Gasteiger partial charge < -0.3 is 0 Å². The summed E-state index contributed by atoms with van der Waals surface area (Å²) in [7, 11) is 0. The van der Waals surface area contributed by atoms with E-state index in [-0.39, 0.29) is 0 Å². The van der Waals surface area contributed by atoms with E-state index < -0.39 is 0 Å². The van der Waals surface area contributed by atoms with E-state index in [1.54, 1.807) is 0 Å². The lowest BCUT2D eigenvalue weighted by Crippen LogP contribution is -2.02. The molecule has 0 saturated carbocycles. The molecular formula is C40H30. The van der Waals surface area contributed by atoms with Crippen LogP contribution in [0.15, 0.2) is 152 Å². The molecule has 0 heterocycles. The number of benzene rings is 7. The molecule has 0 spiro atoms. The monoisotopic (exact) mass is 510 g/mol. The summed E-state index contributed by atoms with van der Waals surface area (Å²) in [6.45, 7) is 2.33. The molecule has 40 heavy (non-hydrogen) atoms. The molecule has 0 unspecified atom stereocenters. The third-order valence-electron chi connectivity index (χ3n) is 8.15. The molecule has 0 nitrogen and oxygen atoms in total. The number of aryl methyl sites for hydroxylation is 1. The van der Waals surface area contributed by atoms with E-state index in [0.717, 1.165) is 6.42 Å². The van der Waals surface area contributed by atoms with Gasteiger partial charge >= 0.3 is 0 Å². The van der Waals surface area contributed by atoms with E-state index >= 15 is 0 Å². The quantitative estimate of drug-likeness (QED) is 0.202. The fourth-order valence-electron chi connectivity index (χ4n) is 6.30. The smallest absolute Gasteiger partial charge is 0.00165 e. The van der Waals surface area contributed by atoms with Gasteiger partial charge in [0.05, 0.1) is 0 Å². The average molecular weight is 511 g/mol. The second-order valence-corrected chi connectivity index (χ2v) is 10.5. The topological polar surface area (TPSA) is 0 Å². The Hall–Kier alpha value is -4.94. The van der Waals surface area contributed by atoms with Crippen molar-refractivity contribution in [1.82, 2.24) is 0 Å². The molecule has 7 aromatic rings. The lowest BCUT2D eigenvalue weighted by atomic mass is 9.79. The van der Waals surface area contributed by atoms with Crippen LogP contribution in [0.25, 0.3) is 54.9 Å². The lowest BCUT2D eigenvalue weighted by molar-refractivity contribution is 1.17. The van der Waals surface area contributed by atoms with Gasteiger partial charge in [-0.25, -0.2) is 0 Å². The Morgan fingerprint density at radius 3 is 1.73 bits per heavy atom. The molecule has 0 aliphatic carbocycles. The van der Waals surface area contributed by atoms with Crippen molar-refractivity contribution in [2.24, 2.45) is 0 Å². The van der Waals surface area contributed by atoms with Crippen LogP contribution in [0.5, 0.6) is 0 Å². The van der Waals surface area contributed by atoms with Crippen LogP contribution in [0.4, 0.5) is 0 Å². The van der Waals surface area contributed by atoms with Gasteiger partial charge in [-0.05, 0) is 85.0 Å². The van der Waals surface area contributed by atoms with E-state index in [1.165, 1.54) is 71.6 Å². The first kappa shape index (κ1) is 24.1. The summed E-state index contributed by atoms with van der Waals surface area (Å²) in [5, 5.41) is 5.24. The maximum Gasteiger partial charge on any atom is -0.00165 e. The van der Waals surface area contributed by atoms with Crippen LogP contribution < -0.4 is 0 Å². The predicted octanol–water partition coefficient (Wildman–Crippen LogP) is 10.9. The molecule has 0 atom stereocenters. The molecular weight excluding hydrogens is 480 g/mol. The van der Waals surface area contributed by atoms with Gasteiger partial charge in [-0.1, -0.05) is 152 Å². The molecule has 0 fully saturated rings. The first-order chi connectivity index (χ1) is 19.8. The van der Waals surface area contributed by atoms with Crippen molar-refractivity contribution in [3.63, 3.8) is 0 Å². The summed E-state index contributed by atoms with van der Waals surface area (Å²) in [6.07, 6.45) is 0.872. The van der Waals surface area contributed by atoms with E-state index in [2.05, 4.69) is 159 Å². The van der Waals surface area contributed by atoms with Crippen molar-refractivity contribution < 1.29 is 0 Å². The highest BCUT2D eigenvalue weighted by molar-refractivity contribution is 6.18. The van der Waals surface area contributed by atoms with Gasteiger partial charge in [0.1, 0.15) is 0 Å². The predicted molar refractivity (Wildman–Crippen MR) is 172 cm³/mol. The molecule has 0 heteroatoms. The van der Waals surface area contributed by atoms with Crippen molar-refractivity contribution in [3.05, 3.63) is 168 Å². The lowest BCUT2D eigenvalue weighted by Gasteiger charge is -2.24. The van der Waals surface area contributed by atoms with Gasteiger partial charge in [-0.3, -0.25) is 0 Å². The molecule has 0 N–H and O–H groups in total. The maximum atomic E-state index is 2.35. The van der Waals surface area contributed by atoms with Crippen LogP contribution in [0.3, 0.4) is 0 Å². The van der Waals surface area contributed by atoms with Gasteiger partial charge in [0, 0.05) is 0 Å². The Morgan fingerprint density at radius 2 is 1.00 bits per heavy atom. The van der Waals surface area contributed by atoms with Gasteiger partial charge in [0.2, 0.25) is 0 Å². The molecule has 7 aromatic carbocycles. The summed E-state index contributed by atoms with van der Waals surface area (Å²) in [6, 6.07) is 55.0. The zero-order chi connectivity index (χ0) is 26.9. The summed E-state index contributed by atoms with van der Waals surface area (Å²) in [4.78, 5) is 0. The normalized spacial score (nSPS) is 11.2. The Morgan fingerprint density at radius 1 is 0.425 bits per heavy atom. The summed E-state index contributed by atoms with van der Waals surface area (Å²) < 4.78 is 0. The van der Waals surface area contributed by atoms with Gasteiger partial charge in [0.25, 0.3) is 0 Å². The van der Waals surface area contributed by atoms with Crippen LogP contribution in [-0.2, 0) is 6.42 Å². The number of hydrogen-bond donors (Lipinski definition) is 0. The third-order valence-corrected chi connectivity index (χ3v) is 8.15. The summed E-state index contributed by atoms with van der Waals surface area (Å²) in [5.74, 6) is 0. The highest BCUT2D eigenvalue weighted by Crippen LogP contribution is 2.48. The Labute approximate surface area is 236 Å². The zero-order valence-corrected chi connectivity index (χ0v) is 22.6. The molecule has 0 bridgehead atoms. The van der Waals surface area contributed by atoms with Gasteiger partial charge in [-0.15, -0.1) is 0 Å². The first-order valence-electron chi connectivity index (χ1n) is 14.0. The minimum absolute atomic E-state index is 0.872. The molecule has 7 rings (SSSR count). The Bertz CT molecular complexity index is 1950. The van der Waals surface area contributed by atoms with Crippen molar-refractivity contribution in [2.75, 3.05) is 0 Å². The highest BCUT2D eigenvalue weighted by Gasteiger charge is 2.23. The molecule has 0 aliphatic rings. The minimum atomic E-state index is 0.872. The fraction of sp³-hybridized carbons (Fsp3) is 0.0500. The van der Waals surface area contributed by atoms with E-state index in [4.69, 9.17) is 0 Å². The molecule has 0 aliphatic heterocycles. The zero-order valence-electron chi connectivity index (χ0n) is 22.6. The molecule has 0 amide bonds. The number of hydrogen-bond acceptors (Lipinski definition) is 0. The average Bonchev–Trinajstić information content (AvgIpc) is 3.03. The number of fused-ring (bicyclic) bond motifs is 3. The van der Waals surface area contributed by atoms with Crippen LogP contribution >= 0.6 is 0 Å². The summed E-state index contributed by atoms with van der Waals surface area (Å²) in [5.41, 5.74) is 11.7. The van der Waals surface area contributed by atoms with Crippen LogP contribution in [0, 0.1) is 6.92 Å². The number of rotatable bonds is 5. The third kappa shape index (κ3) is 4.19. The minimum Gasteiger partial charge on any atom is -0.0622 e. The van der Waals surface area contributed by atoms with E-state index in [1.807, 2.05) is 0 Å². The van der Waals surface area contributed by atoms with Crippen molar-refractivity contribution in [3.8, 4) is 33.4 Å². The molecule has 190 valence electrons. The van der Waals surface area contributed by atoms with Crippen molar-refractivity contribution in [1.29, 1.82) is 0 Å². The molecule has 0 saturated heterocycles. The van der Waals surface area contributed by atoms with E-state index in [0.29, 0.717) is 0 Å². The maximum absolute atomic E-state index is 2.35. The standard InChI is InChI=1S/C40H30/c1-28-37(27-29-15-5-2-6-16-29)39(32-20-9-4-10-21-32)40(36-26-25-31-19-11-12-23-34(31)38(28)36)35-24-14-13-22-33(35)30-17-7-3-8-18-30/h2-26H,27H2,1H3. The molecule has 0 aromatic heterocycles. The molecule has 0 radical (unpaired) electrons. The summed E-state index contributed by atoms with van der Waals surface area (Å²) >= 11 is 0. The second-order valence-electron chi connectivity index (χ2n) is 10.5. The van der Waals surface area contributed by atoms with Gasteiger partial charge in [0.15, 0.2) is 0 Å². The fourth-order valence-corrected chi connectivity index (χ4v) is 6.30. The first-order valence-corrected chi connectivity index (χ1v) is 14.0. The Kier molecular flexibility index (Phi) is 6.22. The Balaban J connectivity index is 1.68. The van der Waals surface area contributed by atoms with E-state index in [9.17, 15) is 0 Å². The SMILES string of the molecule is Cc1c(Cc2ccccc2)c(-c2ccccc2)c(-c2ccccc2-c2ccccc2)c2ccc3ccccc3c12. The van der Waals surface area contributed by atoms with Crippen LogP contribution in [-0.4, -0.2) is 0 Å².